The molecule has 0 fully saturated rings. The van der Waals surface area contributed by atoms with Crippen LogP contribution >= 0.6 is 0 Å². The molecule has 0 aliphatic heterocycles. The van der Waals surface area contributed by atoms with Crippen molar-refractivity contribution in [1.82, 2.24) is 14.5 Å². The first-order chi connectivity index (χ1) is 27.6. The largest absolute Gasteiger partial charge is 0.507 e. The number of phenolic OH excluding ortho intramolecular Hbond substituents is 1. The number of aromatic nitrogens is 3. The van der Waals surface area contributed by atoms with Crippen molar-refractivity contribution in [2.45, 2.75) is 52.8 Å². The Hall–Kier alpha value is -6.26. The number of rotatable bonds is 7. The van der Waals surface area contributed by atoms with E-state index < -0.39 is 12.7 Å². The van der Waals surface area contributed by atoms with E-state index >= 15 is 0 Å². The molecule has 54 heavy (non-hydrogen) atoms. The summed E-state index contributed by atoms with van der Waals surface area (Å²) in [7, 11) is 0. The summed E-state index contributed by atoms with van der Waals surface area (Å²) >= 11 is 0. The second kappa shape index (κ2) is 13.9. The van der Waals surface area contributed by atoms with Crippen molar-refractivity contribution in [3.05, 3.63) is 168 Å². The Kier molecular flexibility index (Phi) is 7.81. The Morgan fingerprint density at radius 3 is 2.13 bits per heavy atom. The third-order valence-corrected chi connectivity index (χ3v) is 10.1. The van der Waals surface area contributed by atoms with Crippen LogP contribution in [0.15, 0.2) is 152 Å². The van der Waals surface area contributed by atoms with Gasteiger partial charge in [-0.25, -0.2) is 4.98 Å². The van der Waals surface area contributed by atoms with Crippen molar-refractivity contribution in [2.75, 3.05) is 0 Å². The molecule has 2 aromatic heterocycles. The third-order valence-electron chi connectivity index (χ3n) is 10.1. The highest BCUT2D eigenvalue weighted by Gasteiger charge is 2.24. The van der Waals surface area contributed by atoms with Gasteiger partial charge in [-0.05, 0) is 106 Å². The average molecular weight is 708 g/mol. The van der Waals surface area contributed by atoms with Gasteiger partial charge < -0.3 is 5.11 Å². The molecule has 4 nitrogen and oxygen atoms in total. The zero-order valence-corrected chi connectivity index (χ0v) is 31.2. The summed E-state index contributed by atoms with van der Waals surface area (Å²) in [5.41, 5.74) is 12.7. The Labute approximate surface area is 324 Å². The molecule has 2 heterocycles. The molecule has 0 aliphatic rings. The quantitative estimate of drug-likeness (QED) is 0.179. The molecular formula is C50H45N3O. The molecule has 0 radical (unpaired) electrons. The molecule has 0 saturated heterocycles. The number of nitrogens with zero attached hydrogens (tertiary/aromatic N) is 3. The Morgan fingerprint density at radius 1 is 0.648 bits per heavy atom. The van der Waals surface area contributed by atoms with Crippen molar-refractivity contribution in [3.8, 4) is 67.5 Å². The maximum Gasteiger partial charge on any atom is 0.149 e. The predicted octanol–water partition coefficient (Wildman–Crippen LogP) is 13.2. The molecule has 0 aliphatic carbocycles. The summed E-state index contributed by atoms with van der Waals surface area (Å²) in [5, 5.41) is 11.3. The third kappa shape index (κ3) is 6.60. The summed E-state index contributed by atoms with van der Waals surface area (Å²) in [5.74, 6) is -0.0928. The van der Waals surface area contributed by atoms with E-state index in [0.29, 0.717) is 17.0 Å². The molecule has 4 heteroatoms. The molecule has 0 spiro atoms. The van der Waals surface area contributed by atoms with Gasteiger partial charge in [-0.2, -0.15) is 0 Å². The van der Waals surface area contributed by atoms with Crippen LogP contribution < -0.4 is 0 Å². The number of imidazole rings is 1. The number of aryl methyl sites for hydroxylation is 1. The van der Waals surface area contributed by atoms with Gasteiger partial charge >= 0.3 is 0 Å². The SMILES string of the molecule is [2H]C([2H])([2H])c1ccc(-c2ccnc(-c3cc(-c4cccc5c4nc(-c4ccccc4O)n5-c4ccc(C([2H])(C)C)cc4-c4ccccc4)cc(C(C)(C)C)c3)c2)cc1. The first kappa shape index (κ1) is 30.2. The van der Waals surface area contributed by atoms with Gasteiger partial charge in [0.2, 0.25) is 0 Å². The van der Waals surface area contributed by atoms with Gasteiger partial charge in [0.15, 0.2) is 0 Å². The number of benzene rings is 6. The number of aromatic hydroxyl groups is 1. The van der Waals surface area contributed by atoms with E-state index in [-0.39, 0.29) is 11.2 Å². The van der Waals surface area contributed by atoms with E-state index in [2.05, 4.69) is 92.1 Å². The van der Waals surface area contributed by atoms with Gasteiger partial charge in [-0.3, -0.25) is 9.55 Å². The highest BCUT2D eigenvalue weighted by atomic mass is 16.3. The Morgan fingerprint density at radius 2 is 1.39 bits per heavy atom. The van der Waals surface area contributed by atoms with Crippen molar-refractivity contribution >= 4 is 11.0 Å². The van der Waals surface area contributed by atoms with Gasteiger partial charge in [0, 0.05) is 28.4 Å². The van der Waals surface area contributed by atoms with E-state index in [1.807, 2.05) is 74.5 Å². The summed E-state index contributed by atoms with van der Waals surface area (Å²) in [6.45, 7) is 8.23. The molecule has 0 bridgehead atoms. The summed E-state index contributed by atoms with van der Waals surface area (Å²) < 4.78 is 34.4. The molecule has 8 aromatic rings. The first-order valence-electron chi connectivity index (χ1n) is 20.3. The van der Waals surface area contributed by atoms with Crippen LogP contribution in [0.1, 0.15) is 62.7 Å². The average Bonchev–Trinajstić information content (AvgIpc) is 3.59. The molecule has 0 atom stereocenters. The van der Waals surface area contributed by atoms with Crippen LogP contribution in [0.25, 0.3) is 72.7 Å². The monoisotopic (exact) mass is 707 g/mol. The Balaban J connectivity index is 1.35. The minimum Gasteiger partial charge on any atom is -0.507 e. The van der Waals surface area contributed by atoms with E-state index in [1.165, 1.54) is 0 Å². The van der Waals surface area contributed by atoms with Crippen LogP contribution in [-0.2, 0) is 5.41 Å². The predicted molar refractivity (Wildman–Crippen MR) is 225 cm³/mol. The molecule has 8 rings (SSSR count). The molecule has 266 valence electrons. The molecule has 1 N–H and O–H groups in total. The van der Waals surface area contributed by atoms with Crippen molar-refractivity contribution in [3.63, 3.8) is 0 Å². The zero-order chi connectivity index (χ0) is 41.0. The lowest BCUT2D eigenvalue weighted by atomic mass is 9.83. The lowest BCUT2D eigenvalue weighted by Gasteiger charge is -2.22. The van der Waals surface area contributed by atoms with Crippen LogP contribution in [0.3, 0.4) is 0 Å². The molecule has 6 aromatic carbocycles. The number of hydrogen-bond donors (Lipinski definition) is 1. The normalized spacial score (nSPS) is 13.3. The van der Waals surface area contributed by atoms with Crippen molar-refractivity contribution in [2.24, 2.45) is 0 Å². The number of para-hydroxylation sites is 2. The standard InChI is InChI=1S/C50H45N3O/c1-32(2)36-23-24-45(43(30-36)35-13-8-7-9-14-35)53-46-17-12-16-41(48(46)52-49(53)42-15-10-11-18-47(42)54)38-27-39(29-40(28-38)50(4,5)6)44-31-37(25-26-51-44)34-21-19-33(3)20-22-34/h7-32,54H,1-6H3/i3D3,32D. The fourth-order valence-electron chi connectivity index (χ4n) is 7.11. The zero-order valence-electron chi connectivity index (χ0n) is 35.2. The number of fused-ring (bicyclic) bond motifs is 1. The van der Waals surface area contributed by atoms with E-state index in [0.717, 1.165) is 72.5 Å². The van der Waals surface area contributed by atoms with Crippen LogP contribution in [0.5, 0.6) is 5.75 Å². The number of hydrogen-bond acceptors (Lipinski definition) is 3. The van der Waals surface area contributed by atoms with Gasteiger partial charge in [0.1, 0.15) is 11.6 Å². The van der Waals surface area contributed by atoms with Crippen molar-refractivity contribution < 1.29 is 10.6 Å². The van der Waals surface area contributed by atoms with E-state index in [9.17, 15) is 5.11 Å². The fraction of sp³-hybridized carbons (Fsp3) is 0.160. The molecular weight excluding hydrogens is 659 g/mol. The minimum absolute atomic E-state index is 0.127. The first-order valence-corrected chi connectivity index (χ1v) is 18.3. The van der Waals surface area contributed by atoms with Crippen LogP contribution in [0.4, 0.5) is 0 Å². The second-order valence-electron chi connectivity index (χ2n) is 15.1. The summed E-state index contributed by atoms with van der Waals surface area (Å²) in [4.78, 5) is 10.2. The van der Waals surface area contributed by atoms with Crippen LogP contribution in [0.2, 0.25) is 0 Å². The maximum atomic E-state index is 11.3. The number of pyridine rings is 1. The van der Waals surface area contributed by atoms with E-state index in [1.54, 1.807) is 24.4 Å². The minimum atomic E-state index is -2.17. The van der Waals surface area contributed by atoms with E-state index in [4.69, 9.17) is 15.5 Å². The molecule has 0 saturated carbocycles. The maximum absolute atomic E-state index is 11.3. The lowest BCUT2D eigenvalue weighted by Crippen LogP contribution is -2.11. The fourth-order valence-corrected chi connectivity index (χ4v) is 7.11. The highest BCUT2D eigenvalue weighted by molar-refractivity contribution is 5.97. The topological polar surface area (TPSA) is 50.9 Å². The van der Waals surface area contributed by atoms with Gasteiger partial charge in [-0.15, -0.1) is 0 Å². The van der Waals surface area contributed by atoms with Crippen LogP contribution in [-0.4, -0.2) is 19.6 Å². The Bertz CT molecular complexity index is 2790. The number of phenols is 1. The smallest absolute Gasteiger partial charge is 0.149 e. The molecule has 0 amide bonds. The van der Waals surface area contributed by atoms with Gasteiger partial charge in [0.05, 0.1) is 28.0 Å². The second-order valence-corrected chi connectivity index (χ2v) is 15.1. The van der Waals surface area contributed by atoms with Gasteiger partial charge in [0.25, 0.3) is 0 Å². The summed E-state index contributed by atoms with van der Waals surface area (Å²) in [6, 6.07) is 47.5. The summed E-state index contributed by atoms with van der Waals surface area (Å²) in [6.07, 6.45) is 1.80. The van der Waals surface area contributed by atoms with Crippen LogP contribution in [0, 0.1) is 6.85 Å². The lowest BCUT2D eigenvalue weighted by molar-refractivity contribution is 0.477. The van der Waals surface area contributed by atoms with Gasteiger partial charge in [-0.1, -0.05) is 131 Å². The van der Waals surface area contributed by atoms with Crippen molar-refractivity contribution in [1.29, 1.82) is 0 Å². The highest BCUT2D eigenvalue weighted by Crippen LogP contribution is 2.42. The molecule has 0 unspecified atom stereocenters.